The van der Waals surface area contributed by atoms with Gasteiger partial charge in [-0.15, -0.1) is 11.3 Å². The second-order valence-corrected chi connectivity index (χ2v) is 6.67. The van der Waals surface area contributed by atoms with Crippen LogP contribution in [-0.4, -0.2) is 34.4 Å². The number of nitrogens with one attached hydrogen (secondary N) is 1. The Labute approximate surface area is 110 Å². The van der Waals surface area contributed by atoms with E-state index in [-0.39, 0.29) is 21.2 Å². The minimum atomic E-state index is -3.45. The maximum Gasteiger partial charge on any atom is 0.183 e. The van der Waals surface area contributed by atoms with Crippen molar-refractivity contribution in [2.24, 2.45) is 0 Å². The number of nitrogens with two attached hydrogens (primary N) is 1. The van der Waals surface area contributed by atoms with Crippen LogP contribution in [0.2, 0.25) is 0 Å². The van der Waals surface area contributed by atoms with E-state index in [1.165, 1.54) is 6.92 Å². The van der Waals surface area contributed by atoms with E-state index in [0.717, 1.165) is 11.3 Å². The number of ether oxygens (including phenoxy) is 1. The van der Waals surface area contributed by atoms with Crippen LogP contribution in [0.15, 0.2) is 4.90 Å². The van der Waals surface area contributed by atoms with Crippen molar-refractivity contribution in [3.63, 3.8) is 0 Å². The SMILES string of the molecule is CCS(=O)(=O)c1c(NCCOC)sc(C#N)c1N. The first-order valence-electron chi connectivity index (χ1n) is 5.25. The molecule has 3 N–H and O–H groups in total. The van der Waals surface area contributed by atoms with Crippen molar-refractivity contribution in [2.45, 2.75) is 11.8 Å². The van der Waals surface area contributed by atoms with Gasteiger partial charge in [-0.05, 0) is 0 Å². The summed E-state index contributed by atoms with van der Waals surface area (Å²) in [5.41, 5.74) is 5.75. The molecule has 0 unspecified atom stereocenters. The molecular weight excluding hydrogens is 274 g/mol. The van der Waals surface area contributed by atoms with Gasteiger partial charge in [-0.3, -0.25) is 0 Å². The smallest absolute Gasteiger partial charge is 0.183 e. The van der Waals surface area contributed by atoms with Gasteiger partial charge in [0.15, 0.2) is 9.84 Å². The number of rotatable bonds is 6. The fourth-order valence-electron chi connectivity index (χ4n) is 1.35. The van der Waals surface area contributed by atoms with Crippen molar-refractivity contribution in [1.82, 2.24) is 0 Å². The van der Waals surface area contributed by atoms with Gasteiger partial charge in [0.05, 0.1) is 18.0 Å². The van der Waals surface area contributed by atoms with E-state index in [9.17, 15) is 8.42 Å². The molecule has 0 atom stereocenters. The Bertz CT molecular complexity index is 558. The maximum atomic E-state index is 12.0. The third-order valence-corrected chi connectivity index (χ3v) is 5.29. The number of thiophene rings is 1. The van der Waals surface area contributed by atoms with Crippen LogP contribution in [0, 0.1) is 11.3 Å². The molecule has 0 aliphatic carbocycles. The second kappa shape index (κ2) is 6.04. The Morgan fingerprint density at radius 3 is 2.72 bits per heavy atom. The third kappa shape index (κ3) is 2.93. The molecule has 0 aromatic carbocycles. The molecule has 0 saturated carbocycles. The molecule has 18 heavy (non-hydrogen) atoms. The fourth-order valence-corrected chi connectivity index (χ4v) is 3.84. The highest BCUT2D eigenvalue weighted by atomic mass is 32.2. The van der Waals surface area contributed by atoms with Crippen LogP contribution in [0.4, 0.5) is 10.7 Å². The number of hydrogen-bond donors (Lipinski definition) is 2. The number of nitrogens with zero attached hydrogens (tertiary/aromatic N) is 1. The molecule has 8 heteroatoms. The lowest BCUT2D eigenvalue weighted by atomic mass is 10.4. The zero-order valence-electron chi connectivity index (χ0n) is 10.2. The summed E-state index contributed by atoms with van der Waals surface area (Å²) in [4.78, 5) is 0.240. The molecule has 0 fully saturated rings. The lowest BCUT2D eigenvalue weighted by Crippen LogP contribution is -2.12. The van der Waals surface area contributed by atoms with Crippen molar-refractivity contribution < 1.29 is 13.2 Å². The van der Waals surface area contributed by atoms with Gasteiger partial charge in [0.2, 0.25) is 0 Å². The second-order valence-electron chi connectivity index (χ2n) is 3.44. The maximum absolute atomic E-state index is 12.0. The van der Waals surface area contributed by atoms with Gasteiger partial charge in [0, 0.05) is 13.7 Å². The lowest BCUT2D eigenvalue weighted by Gasteiger charge is -2.07. The topological polar surface area (TPSA) is 105 Å². The minimum Gasteiger partial charge on any atom is -0.396 e. The molecule has 1 heterocycles. The Morgan fingerprint density at radius 2 is 2.22 bits per heavy atom. The monoisotopic (exact) mass is 289 g/mol. The molecule has 1 rings (SSSR count). The Balaban J connectivity index is 3.21. The van der Waals surface area contributed by atoms with E-state index in [4.69, 9.17) is 15.7 Å². The van der Waals surface area contributed by atoms with Gasteiger partial charge in [-0.1, -0.05) is 6.92 Å². The molecule has 0 amide bonds. The summed E-state index contributed by atoms with van der Waals surface area (Å²) < 4.78 is 28.8. The standard InChI is InChI=1S/C10H15N3O3S2/c1-3-18(14,15)9-8(12)7(6-11)17-10(9)13-4-5-16-2/h13H,3-5,12H2,1-2H3. The van der Waals surface area contributed by atoms with Gasteiger partial charge < -0.3 is 15.8 Å². The average Bonchev–Trinajstić information content (AvgIpc) is 2.66. The summed E-state index contributed by atoms with van der Waals surface area (Å²) in [5.74, 6) is -0.0578. The molecule has 0 radical (unpaired) electrons. The predicted molar refractivity (Wildman–Crippen MR) is 71.5 cm³/mol. The number of methoxy groups -OCH3 is 1. The summed E-state index contributed by atoms with van der Waals surface area (Å²) in [6, 6.07) is 1.90. The molecule has 0 spiro atoms. The highest BCUT2D eigenvalue weighted by Crippen LogP contribution is 2.39. The Morgan fingerprint density at radius 1 is 1.56 bits per heavy atom. The van der Waals surface area contributed by atoms with Crippen molar-refractivity contribution in [3.8, 4) is 6.07 Å². The summed E-state index contributed by atoms with van der Waals surface area (Å²) in [7, 11) is -1.90. The van der Waals surface area contributed by atoms with Crippen LogP contribution in [0.5, 0.6) is 0 Å². The number of nitriles is 1. The van der Waals surface area contributed by atoms with E-state index < -0.39 is 9.84 Å². The van der Waals surface area contributed by atoms with Crippen LogP contribution in [0.25, 0.3) is 0 Å². The number of nitrogen functional groups attached to an aromatic ring is 1. The zero-order chi connectivity index (χ0) is 13.8. The molecule has 6 nitrogen and oxygen atoms in total. The van der Waals surface area contributed by atoms with Gasteiger partial charge in [-0.25, -0.2) is 8.42 Å². The largest absolute Gasteiger partial charge is 0.396 e. The van der Waals surface area contributed by atoms with E-state index in [1.807, 2.05) is 6.07 Å². The zero-order valence-corrected chi connectivity index (χ0v) is 11.8. The van der Waals surface area contributed by atoms with E-state index in [0.29, 0.717) is 18.2 Å². The Hall–Kier alpha value is -1.30. The summed E-state index contributed by atoms with van der Waals surface area (Å²) in [6.45, 7) is 2.43. The van der Waals surface area contributed by atoms with Crippen LogP contribution >= 0.6 is 11.3 Å². The van der Waals surface area contributed by atoms with Gasteiger partial charge in [0.1, 0.15) is 20.8 Å². The number of hydrogen-bond acceptors (Lipinski definition) is 7. The quantitative estimate of drug-likeness (QED) is 0.758. The van der Waals surface area contributed by atoms with Gasteiger partial charge in [-0.2, -0.15) is 5.26 Å². The molecule has 1 aromatic rings. The average molecular weight is 289 g/mol. The van der Waals surface area contributed by atoms with Crippen molar-refractivity contribution in [3.05, 3.63) is 4.88 Å². The fraction of sp³-hybridized carbons (Fsp3) is 0.500. The molecular formula is C10H15N3O3S2. The molecule has 0 aliphatic heterocycles. The highest BCUT2D eigenvalue weighted by Gasteiger charge is 2.25. The van der Waals surface area contributed by atoms with Crippen molar-refractivity contribution in [2.75, 3.05) is 37.1 Å². The summed E-state index contributed by atoms with van der Waals surface area (Å²) in [5, 5.41) is 12.2. The van der Waals surface area contributed by atoms with E-state index >= 15 is 0 Å². The summed E-state index contributed by atoms with van der Waals surface area (Å²) in [6.07, 6.45) is 0. The molecule has 0 bridgehead atoms. The minimum absolute atomic E-state index is 0.0302. The summed E-state index contributed by atoms with van der Waals surface area (Å²) >= 11 is 1.05. The van der Waals surface area contributed by atoms with Crippen LogP contribution < -0.4 is 11.1 Å². The molecule has 0 aliphatic rings. The Kier molecular flexibility index (Phi) is 4.95. The predicted octanol–water partition coefficient (Wildman–Crippen LogP) is 1.05. The first kappa shape index (κ1) is 14.8. The van der Waals surface area contributed by atoms with Gasteiger partial charge >= 0.3 is 0 Å². The lowest BCUT2D eigenvalue weighted by molar-refractivity contribution is 0.211. The molecule has 100 valence electrons. The van der Waals surface area contributed by atoms with Crippen molar-refractivity contribution in [1.29, 1.82) is 5.26 Å². The number of sulfone groups is 1. The van der Waals surface area contributed by atoms with Crippen LogP contribution in [0.3, 0.4) is 0 Å². The van der Waals surface area contributed by atoms with E-state index in [2.05, 4.69) is 5.32 Å². The van der Waals surface area contributed by atoms with Crippen molar-refractivity contribution >= 4 is 31.9 Å². The first-order chi connectivity index (χ1) is 8.47. The van der Waals surface area contributed by atoms with Gasteiger partial charge in [0.25, 0.3) is 0 Å². The molecule has 0 saturated heterocycles. The normalized spacial score (nSPS) is 11.2. The number of anilines is 2. The highest BCUT2D eigenvalue weighted by molar-refractivity contribution is 7.91. The molecule has 1 aromatic heterocycles. The van der Waals surface area contributed by atoms with Crippen LogP contribution in [0.1, 0.15) is 11.8 Å². The first-order valence-corrected chi connectivity index (χ1v) is 7.72. The van der Waals surface area contributed by atoms with E-state index in [1.54, 1.807) is 7.11 Å². The van der Waals surface area contributed by atoms with Crippen LogP contribution in [-0.2, 0) is 14.6 Å². The third-order valence-electron chi connectivity index (χ3n) is 2.28.